The molecule has 0 aromatic heterocycles. The van der Waals surface area contributed by atoms with Gasteiger partial charge >= 0.3 is 0 Å². The first-order chi connectivity index (χ1) is 15.8. The Labute approximate surface area is 193 Å². The van der Waals surface area contributed by atoms with Crippen LogP contribution < -0.4 is 15.5 Å². The minimum Gasteiger partial charge on any atom is -0.365 e. The molecule has 0 radical (unpaired) electrons. The zero-order chi connectivity index (χ0) is 24.0. The number of rotatable bonds is 10. The van der Waals surface area contributed by atoms with Gasteiger partial charge in [-0.05, 0) is 29.8 Å². The summed E-state index contributed by atoms with van der Waals surface area (Å²) in [6.45, 7) is 4.03. The first-order valence-corrected chi connectivity index (χ1v) is 10.9. The average Bonchev–Trinajstić information content (AvgIpc) is 3.22. The Morgan fingerprint density at radius 1 is 1.21 bits per heavy atom. The lowest BCUT2D eigenvalue weighted by atomic mass is 10.1. The van der Waals surface area contributed by atoms with E-state index in [1.165, 1.54) is 23.2 Å². The predicted octanol–water partition coefficient (Wildman–Crippen LogP) is 1.49. The molecule has 1 heterocycles. The molecule has 0 spiro atoms. The molecule has 33 heavy (non-hydrogen) atoms. The van der Waals surface area contributed by atoms with E-state index < -0.39 is 11.7 Å². The van der Waals surface area contributed by atoms with Crippen molar-refractivity contribution in [2.45, 2.75) is 20.0 Å². The minimum atomic E-state index is -0.655. The molecule has 1 unspecified atom stereocenters. The van der Waals surface area contributed by atoms with Crippen molar-refractivity contribution in [2.24, 2.45) is 5.73 Å². The molecule has 0 saturated heterocycles. The zero-order valence-corrected chi connectivity index (χ0v) is 19.1. The third kappa shape index (κ3) is 5.54. The summed E-state index contributed by atoms with van der Waals surface area (Å²) in [5.41, 5.74) is 8.23. The summed E-state index contributed by atoms with van der Waals surface area (Å²) in [6, 6.07) is 14.0. The highest BCUT2D eigenvalue weighted by molar-refractivity contribution is 5.84. The molecule has 0 bridgehead atoms. The number of primary amides is 1. The number of carbonyl (C=O) groups is 2. The Bertz CT molecular complexity index is 1040. The third-order valence-electron chi connectivity index (χ3n) is 6.06. The molecular weight excluding hydrogens is 423 g/mol. The summed E-state index contributed by atoms with van der Waals surface area (Å²) in [5.74, 6) is -1.52. The fourth-order valence-corrected chi connectivity index (χ4v) is 4.26. The molecule has 0 aliphatic carbocycles. The molecule has 3 N–H and O–H groups in total. The van der Waals surface area contributed by atoms with Crippen LogP contribution in [0.3, 0.4) is 0 Å². The number of nitrogens with two attached hydrogens (primary N) is 1. The molecule has 3 rings (SSSR count). The number of nitrogens with zero attached hydrogens (tertiary/aromatic N) is 4. The molecule has 2 aromatic rings. The fourth-order valence-electron chi connectivity index (χ4n) is 4.26. The van der Waals surface area contributed by atoms with Crippen LogP contribution in [-0.4, -0.2) is 61.6 Å². The van der Waals surface area contributed by atoms with Crippen LogP contribution in [0.25, 0.3) is 0 Å². The van der Waals surface area contributed by atoms with E-state index in [0.717, 1.165) is 11.1 Å². The molecule has 2 aromatic carbocycles. The number of hydrazine groups is 1. The normalized spacial score (nSPS) is 14.8. The van der Waals surface area contributed by atoms with E-state index in [9.17, 15) is 14.9 Å². The number of nitrogens with one attached hydrogen (secondary N) is 1. The largest absolute Gasteiger partial charge is 0.365 e. The maximum atomic E-state index is 15.1. The Balaban J connectivity index is 1.93. The lowest BCUT2D eigenvalue weighted by Gasteiger charge is -2.39. The molecule has 9 heteroatoms. The summed E-state index contributed by atoms with van der Waals surface area (Å²) in [5, 5.41) is 16.0. The molecule has 8 nitrogen and oxygen atoms in total. The van der Waals surface area contributed by atoms with Crippen molar-refractivity contribution in [3.8, 4) is 6.07 Å². The Kier molecular flexibility index (Phi) is 7.76. The van der Waals surface area contributed by atoms with Gasteiger partial charge in [0.05, 0.1) is 18.2 Å². The molecule has 1 aliphatic heterocycles. The molecule has 0 saturated carbocycles. The van der Waals surface area contributed by atoms with E-state index >= 15 is 4.39 Å². The van der Waals surface area contributed by atoms with Crippen molar-refractivity contribution in [3.05, 3.63) is 65.0 Å². The molecule has 174 valence electrons. The van der Waals surface area contributed by atoms with Gasteiger partial charge in [-0.3, -0.25) is 19.1 Å². The van der Waals surface area contributed by atoms with Crippen molar-refractivity contribution >= 4 is 17.5 Å². The Morgan fingerprint density at radius 3 is 2.45 bits per heavy atom. The third-order valence-corrected chi connectivity index (χ3v) is 6.06. The van der Waals surface area contributed by atoms with Gasteiger partial charge in [0.15, 0.2) is 24.6 Å². The Hall–Kier alpha value is -3.32. The van der Waals surface area contributed by atoms with E-state index in [1.54, 1.807) is 7.05 Å². The smallest absolute Gasteiger partial charge is 0.292 e. The summed E-state index contributed by atoms with van der Waals surface area (Å²) in [7, 11) is 1.68. The van der Waals surface area contributed by atoms with Crippen LogP contribution in [0.2, 0.25) is 0 Å². The van der Waals surface area contributed by atoms with Gasteiger partial charge in [-0.1, -0.05) is 31.2 Å². The number of carbonyl (C=O) groups excluding carboxylic acids is 2. The fraction of sp³-hybridized carbons (Fsp3) is 0.375. The average molecular weight is 454 g/mol. The van der Waals surface area contributed by atoms with E-state index in [0.29, 0.717) is 26.2 Å². The standard InChI is InChI=1S/C24H29FN6O2/c1-3-28-10-11-31(16-23(27)32,22-12-18(13-26)8-9-21(22)25)17-24(33)29(2)30-14-19-6-4-5-7-20(19)15-30/h4-9,12,28H,3,10-11,14-17H2,1-2H3,(H-,27,32)/p+1. The van der Waals surface area contributed by atoms with E-state index in [2.05, 4.69) is 5.32 Å². The van der Waals surface area contributed by atoms with Crippen LogP contribution in [0.15, 0.2) is 42.5 Å². The number of hydrogen-bond donors (Lipinski definition) is 2. The number of benzene rings is 2. The molecular formula is C24H30FN6O2+. The lowest BCUT2D eigenvalue weighted by Crippen LogP contribution is -2.61. The minimum absolute atomic E-state index is 0.109. The van der Waals surface area contributed by atoms with Crippen molar-refractivity contribution in [2.75, 3.05) is 39.8 Å². The van der Waals surface area contributed by atoms with Crippen molar-refractivity contribution in [1.29, 1.82) is 5.26 Å². The highest BCUT2D eigenvalue weighted by Gasteiger charge is 2.39. The predicted molar refractivity (Wildman–Crippen MR) is 124 cm³/mol. The summed E-state index contributed by atoms with van der Waals surface area (Å²) in [6.07, 6.45) is 0. The van der Waals surface area contributed by atoms with Crippen LogP contribution >= 0.6 is 0 Å². The number of amides is 2. The SMILES string of the molecule is CCNCC[N+](CC(N)=O)(CC(=O)N(C)N1Cc2ccccc2C1)c1cc(C#N)ccc1F. The van der Waals surface area contributed by atoms with Gasteiger partial charge in [0.25, 0.3) is 11.8 Å². The van der Waals surface area contributed by atoms with Gasteiger partial charge in [-0.15, -0.1) is 0 Å². The van der Waals surface area contributed by atoms with Gasteiger partial charge in [0.1, 0.15) is 0 Å². The number of hydrogen-bond acceptors (Lipinski definition) is 5. The molecule has 0 fully saturated rings. The van der Waals surface area contributed by atoms with Crippen LogP contribution in [0, 0.1) is 17.1 Å². The quantitative estimate of drug-likeness (QED) is 0.419. The number of fused-ring (bicyclic) bond motifs is 1. The van der Waals surface area contributed by atoms with Gasteiger partial charge in [-0.25, -0.2) is 9.40 Å². The Morgan fingerprint density at radius 2 is 1.88 bits per heavy atom. The summed E-state index contributed by atoms with van der Waals surface area (Å²) < 4.78 is 14.7. The van der Waals surface area contributed by atoms with Gasteiger partial charge in [0.2, 0.25) is 0 Å². The first kappa shape index (κ1) is 24.3. The van der Waals surface area contributed by atoms with Crippen LogP contribution in [0.5, 0.6) is 0 Å². The lowest BCUT2D eigenvalue weighted by molar-refractivity contribution is -0.147. The van der Waals surface area contributed by atoms with Crippen molar-refractivity contribution in [3.63, 3.8) is 0 Å². The second-order valence-corrected chi connectivity index (χ2v) is 8.29. The monoisotopic (exact) mass is 453 g/mol. The van der Waals surface area contributed by atoms with Gasteiger partial charge < -0.3 is 11.1 Å². The molecule has 1 atom stereocenters. The second-order valence-electron chi connectivity index (χ2n) is 8.29. The molecule has 2 amide bonds. The van der Waals surface area contributed by atoms with Gasteiger partial charge in [-0.2, -0.15) is 5.26 Å². The maximum absolute atomic E-state index is 15.1. The number of quaternary nitrogens is 1. The van der Waals surface area contributed by atoms with Crippen LogP contribution in [-0.2, 0) is 22.7 Å². The van der Waals surface area contributed by atoms with Crippen molar-refractivity contribution < 1.29 is 14.0 Å². The van der Waals surface area contributed by atoms with Crippen LogP contribution in [0.1, 0.15) is 23.6 Å². The number of likely N-dealkylation sites (N-methyl/N-ethyl adjacent to an activating group) is 2. The molecule has 1 aliphatic rings. The van der Waals surface area contributed by atoms with Crippen molar-refractivity contribution in [1.82, 2.24) is 19.8 Å². The first-order valence-electron chi connectivity index (χ1n) is 10.9. The van der Waals surface area contributed by atoms with E-state index in [1.807, 2.05) is 42.3 Å². The maximum Gasteiger partial charge on any atom is 0.292 e. The number of halogens is 1. The number of nitriles is 1. The second kappa shape index (κ2) is 10.5. The topological polar surface area (TPSA) is 102 Å². The zero-order valence-electron chi connectivity index (χ0n) is 19.1. The summed E-state index contributed by atoms with van der Waals surface area (Å²) in [4.78, 5) is 25.6. The summed E-state index contributed by atoms with van der Waals surface area (Å²) >= 11 is 0. The van der Waals surface area contributed by atoms with Gasteiger partial charge in [0, 0.05) is 32.7 Å². The highest BCUT2D eigenvalue weighted by atomic mass is 19.1. The van der Waals surface area contributed by atoms with E-state index in [-0.39, 0.29) is 41.3 Å². The van der Waals surface area contributed by atoms with E-state index in [4.69, 9.17) is 5.73 Å². The van der Waals surface area contributed by atoms with Crippen LogP contribution in [0.4, 0.5) is 10.1 Å². The highest BCUT2D eigenvalue weighted by Crippen LogP contribution is 2.29.